The Labute approximate surface area is 77.7 Å². The molecule has 0 aromatic carbocycles. The van der Waals surface area contributed by atoms with Crippen molar-refractivity contribution in [2.45, 2.75) is 54.4 Å². The van der Waals surface area contributed by atoms with Gasteiger partial charge in [-0.3, -0.25) is 0 Å². The monoisotopic (exact) mass is 168 g/mol. The van der Waals surface area contributed by atoms with Crippen molar-refractivity contribution in [3.63, 3.8) is 0 Å². The van der Waals surface area contributed by atoms with Crippen molar-refractivity contribution in [3.05, 3.63) is 0 Å². The molecule has 0 heterocycles. The van der Waals surface area contributed by atoms with E-state index < -0.39 is 0 Å². The van der Waals surface area contributed by atoms with E-state index in [9.17, 15) is 0 Å². The molecule has 0 nitrogen and oxygen atoms in total. The molecule has 1 saturated carbocycles. The molecule has 0 saturated heterocycles. The highest BCUT2D eigenvalue weighted by atomic mass is 14.5. The molecule has 72 valence electrons. The van der Waals surface area contributed by atoms with Crippen LogP contribution in [0, 0.1) is 22.7 Å². The van der Waals surface area contributed by atoms with Crippen LogP contribution in [0.4, 0.5) is 0 Å². The zero-order chi connectivity index (χ0) is 9.57. The molecule has 1 aliphatic carbocycles. The van der Waals surface area contributed by atoms with Gasteiger partial charge in [-0.25, -0.2) is 0 Å². The minimum Gasteiger partial charge on any atom is -0.0622 e. The van der Waals surface area contributed by atoms with E-state index in [1.54, 1.807) is 0 Å². The second kappa shape index (κ2) is 2.75. The molecule has 0 heteroatoms. The highest BCUT2D eigenvalue weighted by molar-refractivity contribution is 4.96. The molecule has 0 aromatic heterocycles. The molecule has 3 atom stereocenters. The number of hydrogen-bond acceptors (Lipinski definition) is 0. The Balaban J connectivity index is 2.53. The number of rotatable bonds is 1. The molecule has 0 spiro atoms. The van der Waals surface area contributed by atoms with Gasteiger partial charge in [-0.2, -0.15) is 0 Å². The molecule has 12 heavy (non-hydrogen) atoms. The van der Waals surface area contributed by atoms with Gasteiger partial charge in [-0.05, 0) is 35.5 Å². The lowest BCUT2D eigenvalue weighted by molar-refractivity contribution is -0.0364. The normalized spacial score (nSPS) is 42.5. The van der Waals surface area contributed by atoms with Gasteiger partial charge < -0.3 is 0 Å². The van der Waals surface area contributed by atoms with Gasteiger partial charge in [0, 0.05) is 0 Å². The van der Waals surface area contributed by atoms with Crippen molar-refractivity contribution in [2.24, 2.45) is 22.7 Å². The summed E-state index contributed by atoms with van der Waals surface area (Å²) in [6.45, 7) is 14.3. The Morgan fingerprint density at radius 1 is 1.25 bits per heavy atom. The fourth-order valence-corrected chi connectivity index (χ4v) is 3.07. The summed E-state index contributed by atoms with van der Waals surface area (Å²) >= 11 is 0. The molecular formula is C12H24. The van der Waals surface area contributed by atoms with Crippen molar-refractivity contribution in [2.75, 3.05) is 0 Å². The predicted octanol–water partition coefficient (Wildman–Crippen LogP) is 4.10. The minimum absolute atomic E-state index is 0.503. The topological polar surface area (TPSA) is 0 Å². The summed E-state index contributed by atoms with van der Waals surface area (Å²) in [7, 11) is 0. The Hall–Kier alpha value is 0. The zero-order valence-corrected chi connectivity index (χ0v) is 9.57. The summed E-state index contributed by atoms with van der Waals surface area (Å²) < 4.78 is 0. The first-order valence-corrected chi connectivity index (χ1v) is 5.25. The van der Waals surface area contributed by atoms with E-state index >= 15 is 0 Å². The molecule has 0 N–H and O–H groups in total. The van der Waals surface area contributed by atoms with Crippen molar-refractivity contribution < 1.29 is 0 Å². The molecule has 0 bridgehead atoms. The maximum atomic E-state index is 2.46. The van der Waals surface area contributed by atoms with Gasteiger partial charge in [0.2, 0.25) is 0 Å². The lowest BCUT2D eigenvalue weighted by Crippen LogP contribution is -2.44. The Bertz CT molecular complexity index is 163. The Morgan fingerprint density at radius 3 is 2.00 bits per heavy atom. The smallest absolute Gasteiger partial charge is 0.0290 e. The standard InChI is InChI=1S/C12H24/c1-9-7-12(6,10(9)2)8-11(3,4)5/h9-10H,7-8H2,1-6H3. The summed E-state index contributed by atoms with van der Waals surface area (Å²) in [6.07, 6.45) is 2.82. The summed E-state index contributed by atoms with van der Waals surface area (Å²) in [5, 5.41) is 0. The molecule has 0 aromatic rings. The van der Waals surface area contributed by atoms with Crippen molar-refractivity contribution in [1.29, 1.82) is 0 Å². The van der Waals surface area contributed by atoms with E-state index in [1.807, 2.05) is 0 Å². The van der Waals surface area contributed by atoms with Gasteiger partial charge >= 0.3 is 0 Å². The second-order valence-corrected chi connectivity index (χ2v) is 6.36. The lowest BCUT2D eigenvalue weighted by atomic mass is 9.52. The maximum Gasteiger partial charge on any atom is -0.0290 e. The fraction of sp³-hybridized carbons (Fsp3) is 1.00. The first-order valence-electron chi connectivity index (χ1n) is 5.25. The van der Waals surface area contributed by atoms with Crippen LogP contribution in [0.25, 0.3) is 0 Å². The van der Waals surface area contributed by atoms with Crippen LogP contribution in [0.15, 0.2) is 0 Å². The van der Waals surface area contributed by atoms with Crippen LogP contribution in [0.5, 0.6) is 0 Å². The summed E-state index contributed by atoms with van der Waals surface area (Å²) in [4.78, 5) is 0. The van der Waals surface area contributed by atoms with Crippen LogP contribution in [0.3, 0.4) is 0 Å². The van der Waals surface area contributed by atoms with E-state index in [-0.39, 0.29) is 0 Å². The molecule has 1 aliphatic rings. The van der Waals surface area contributed by atoms with Gasteiger partial charge in [0.15, 0.2) is 0 Å². The molecule has 1 fully saturated rings. The predicted molar refractivity (Wildman–Crippen MR) is 55.1 cm³/mol. The van der Waals surface area contributed by atoms with Crippen LogP contribution >= 0.6 is 0 Å². The molecule has 0 radical (unpaired) electrons. The van der Waals surface area contributed by atoms with Gasteiger partial charge in [-0.15, -0.1) is 0 Å². The van der Waals surface area contributed by atoms with Crippen LogP contribution in [-0.2, 0) is 0 Å². The van der Waals surface area contributed by atoms with E-state index in [0.717, 1.165) is 11.8 Å². The van der Waals surface area contributed by atoms with Crippen LogP contribution in [0.1, 0.15) is 54.4 Å². The van der Waals surface area contributed by atoms with Gasteiger partial charge in [0.25, 0.3) is 0 Å². The average Bonchev–Trinajstić information content (AvgIpc) is 1.83. The van der Waals surface area contributed by atoms with Crippen molar-refractivity contribution in [3.8, 4) is 0 Å². The SMILES string of the molecule is CC1CC(C)(CC(C)(C)C)C1C. The van der Waals surface area contributed by atoms with Crippen LogP contribution in [-0.4, -0.2) is 0 Å². The highest BCUT2D eigenvalue weighted by Crippen LogP contribution is 2.55. The average molecular weight is 168 g/mol. The summed E-state index contributed by atoms with van der Waals surface area (Å²) in [5.74, 6) is 1.88. The largest absolute Gasteiger partial charge is 0.0622 e. The quantitative estimate of drug-likeness (QED) is 0.553. The van der Waals surface area contributed by atoms with Crippen molar-refractivity contribution >= 4 is 0 Å². The zero-order valence-electron chi connectivity index (χ0n) is 9.57. The maximum absolute atomic E-state index is 2.46. The van der Waals surface area contributed by atoms with Crippen LogP contribution < -0.4 is 0 Å². The second-order valence-electron chi connectivity index (χ2n) is 6.36. The Kier molecular flexibility index (Phi) is 2.31. The van der Waals surface area contributed by atoms with Gasteiger partial charge in [-0.1, -0.05) is 41.5 Å². The third kappa shape index (κ3) is 1.84. The van der Waals surface area contributed by atoms with Gasteiger partial charge in [0.05, 0.1) is 0 Å². The van der Waals surface area contributed by atoms with E-state index in [1.165, 1.54) is 12.8 Å². The summed E-state index contributed by atoms with van der Waals surface area (Å²) in [5.41, 5.74) is 1.14. The van der Waals surface area contributed by atoms with E-state index in [2.05, 4.69) is 41.5 Å². The van der Waals surface area contributed by atoms with Gasteiger partial charge in [0.1, 0.15) is 0 Å². The fourth-order valence-electron chi connectivity index (χ4n) is 3.07. The lowest BCUT2D eigenvalue weighted by Gasteiger charge is -2.53. The molecule has 0 amide bonds. The van der Waals surface area contributed by atoms with Crippen LogP contribution in [0.2, 0.25) is 0 Å². The molecule has 0 aliphatic heterocycles. The Morgan fingerprint density at radius 2 is 1.75 bits per heavy atom. The van der Waals surface area contributed by atoms with E-state index in [4.69, 9.17) is 0 Å². The minimum atomic E-state index is 0.503. The third-order valence-corrected chi connectivity index (χ3v) is 3.68. The van der Waals surface area contributed by atoms with Crippen molar-refractivity contribution in [1.82, 2.24) is 0 Å². The third-order valence-electron chi connectivity index (χ3n) is 3.68. The van der Waals surface area contributed by atoms with E-state index in [0.29, 0.717) is 10.8 Å². The highest BCUT2D eigenvalue weighted by Gasteiger charge is 2.46. The number of hydrogen-bond donors (Lipinski definition) is 0. The molecular weight excluding hydrogens is 144 g/mol. The first-order chi connectivity index (χ1) is 5.25. The summed E-state index contributed by atoms with van der Waals surface area (Å²) in [6, 6.07) is 0. The molecule has 3 unspecified atom stereocenters. The first kappa shape index (κ1) is 10.1. The molecule has 1 rings (SSSR count).